The molecule has 0 amide bonds. The van der Waals surface area contributed by atoms with Gasteiger partial charge < -0.3 is 4.90 Å². The third kappa shape index (κ3) is 2.80. The molecule has 94 valence electrons. The van der Waals surface area contributed by atoms with Gasteiger partial charge in [0, 0.05) is 18.3 Å². The highest BCUT2D eigenvalue weighted by Crippen LogP contribution is 2.24. The third-order valence-corrected chi connectivity index (χ3v) is 5.07. The van der Waals surface area contributed by atoms with Crippen molar-refractivity contribution >= 4 is 15.5 Å². The molecule has 3 nitrogen and oxygen atoms in total. The number of aryl methyl sites for hydroxylation is 1. The highest BCUT2D eigenvalue weighted by molar-refractivity contribution is 7.91. The van der Waals surface area contributed by atoms with Crippen LogP contribution in [0.1, 0.15) is 18.9 Å². The summed E-state index contributed by atoms with van der Waals surface area (Å²) >= 11 is 0. The molecule has 1 aromatic carbocycles. The summed E-state index contributed by atoms with van der Waals surface area (Å²) < 4.78 is 23.1. The van der Waals surface area contributed by atoms with Crippen molar-refractivity contribution in [2.45, 2.75) is 26.3 Å². The Bertz CT molecular complexity index is 496. The lowest BCUT2D eigenvalue weighted by Gasteiger charge is -2.29. The fraction of sp³-hybridized carbons (Fsp3) is 0.538. The Labute approximate surface area is 103 Å². The van der Waals surface area contributed by atoms with Gasteiger partial charge >= 0.3 is 0 Å². The Balaban J connectivity index is 2.23. The molecule has 0 aliphatic carbocycles. The van der Waals surface area contributed by atoms with E-state index in [1.54, 1.807) is 0 Å². The summed E-state index contributed by atoms with van der Waals surface area (Å²) in [6, 6.07) is 8.40. The fourth-order valence-electron chi connectivity index (χ4n) is 2.48. The molecular formula is C13H19NO2S. The van der Waals surface area contributed by atoms with Crippen LogP contribution in [-0.2, 0) is 9.84 Å². The van der Waals surface area contributed by atoms with E-state index in [-0.39, 0.29) is 6.04 Å². The van der Waals surface area contributed by atoms with Crippen LogP contribution in [0.3, 0.4) is 0 Å². The molecule has 1 aliphatic heterocycles. The molecule has 0 aromatic heterocycles. The van der Waals surface area contributed by atoms with Gasteiger partial charge in [-0.2, -0.15) is 0 Å². The molecule has 1 unspecified atom stereocenters. The third-order valence-electron chi connectivity index (χ3n) is 3.32. The maximum atomic E-state index is 11.5. The second kappa shape index (κ2) is 4.69. The SMILES string of the molecule is CCN(c1cccc(C)c1)C1CCS(=O)(=O)C1. The standard InChI is InChI=1S/C13H19NO2S/c1-3-14(12-6-4-5-11(2)9-12)13-7-8-17(15,16)10-13/h4-6,9,13H,3,7-8,10H2,1-2H3. The predicted octanol–water partition coefficient (Wildman–Crippen LogP) is 2.01. The van der Waals surface area contributed by atoms with E-state index in [1.807, 2.05) is 6.07 Å². The Morgan fingerprint density at radius 2 is 2.18 bits per heavy atom. The Kier molecular flexibility index (Phi) is 3.43. The van der Waals surface area contributed by atoms with E-state index in [2.05, 4.69) is 36.9 Å². The molecule has 1 heterocycles. The molecule has 0 radical (unpaired) electrons. The van der Waals surface area contributed by atoms with Crippen molar-refractivity contribution in [1.82, 2.24) is 0 Å². The van der Waals surface area contributed by atoms with Gasteiger partial charge in [-0.15, -0.1) is 0 Å². The van der Waals surface area contributed by atoms with E-state index >= 15 is 0 Å². The first-order chi connectivity index (χ1) is 8.02. The predicted molar refractivity (Wildman–Crippen MR) is 71.3 cm³/mol. The average Bonchev–Trinajstić information content (AvgIpc) is 2.60. The molecule has 1 saturated heterocycles. The topological polar surface area (TPSA) is 37.4 Å². The molecule has 1 fully saturated rings. The number of hydrogen-bond donors (Lipinski definition) is 0. The summed E-state index contributed by atoms with van der Waals surface area (Å²) in [7, 11) is -2.81. The van der Waals surface area contributed by atoms with Crippen LogP contribution in [-0.4, -0.2) is 32.5 Å². The van der Waals surface area contributed by atoms with Gasteiger partial charge in [0.2, 0.25) is 0 Å². The van der Waals surface area contributed by atoms with Crippen molar-refractivity contribution in [2.24, 2.45) is 0 Å². The summed E-state index contributed by atoms with van der Waals surface area (Å²) in [5.74, 6) is 0.634. The lowest BCUT2D eigenvalue weighted by atomic mass is 10.1. The molecule has 0 spiro atoms. The van der Waals surface area contributed by atoms with Crippen molar-refractivity contribution in [1.29, 1.82) is 0 Å². The molecule has 1 aliphatic rings. The largest absolute Gasteiger partial charge is 0.368 e. The lowest BCUT2D eigenvalue weighted by molar-refractivity contribution is 0.600. The average molecular weight is 253 g/mol. The first-order valence-corrected chi connectivity index (χ1v) is 7.88. The van der Waals surface area contributed by atoms with Gasteiger partial charge in [0.05, 0.1) is 11.5 Å². The van der Waals surface area contributed by atoms with Gasteiger partial charge in [-0.3, -0.25) is 0 Å². The molecule has 1 atom stereocenters. The van der Waals surface area contributed by atoms with Crippen LogP contribution in [0.5, 0.6) is 0 Å². The van der Waals surface area contributed by atoms with Gasteiger partial charge in [-0.1, -0.05) is 12.1 Å². The minimum absolute atomic E-state index is 0.145. The number of sulfone groups is 1. The van der Waals surface area contributed by atoms with Crippen LogP contribution >= 0.6 is 0 Å². The monoisotopic (exact) mass is 253 g/mol. The van der Waals surface area contributed by atoms with E-state index in [4.69, 9.17) is 0 Å². The van der Waals surface area contributed by atoms with Gasteiger partial charge in [-0.05, 0) is 38.0 Å². The van der Waals surface area contributed by atoms with Gasteiger partial charge in [0.25, 0.3) is 0 Å². The van der Waals surface area contributed by atoms with Crippen LogP contribution in [0.25, 0.3) is 0 Å². The summed E-state index contributed by atoms with van der Waals surface area (Å²) in [4.78, 5) is 2.21. The second-order valence-electron chi connectivity index (χ2n) is 4.68. The summed E-state index contributed by atoms with van der Waals surface area (Å²) in [5.41, 5.74) is 2.34. The Hall–Kier alpha value is -1.03. The minimum atomic E-state index is -2.81. The van der Waals surface area contributed by atoms with Crippen molar-refractivity contribution in [2.75, 3.05) is 23.0 Å². The van der Waals surface area contributed by atoms with E-state index in [0.717, 1.165) is 18.7 Å². The van der Waals surface area contributed by atoms with Crippen molar-refractivity contribution < 1.29 is 8.42 Å². The maximum absolute atomic E-state index is 11.5. The summed E-state index contributed by atoms with van der Waals surface area (Å²) in [6.45, 7) is 4.99. The van der Waals surface area contributed by atoms with Crippen LogP contribution in [0.4, 0.5) is 5.69 Å². The Morgan fingerprint density at radius 1 is 1.41 bits per heavy atom. The molecule has 1 aromatic rings. The molecule has 0 N–H and O–H groups in total. The number of benzene rings is 1. The zero-order valence-corrected chi connectivity index (χ0v) is 11.2. The lowest BCUT2D eigenvalue weighted by Crippen LogP contribution is -2.36. The van der Waals surface area contributed by atoms with Crippen molar-refractivity contribution in [3.63, 3.8) is 0 Å². The quantitative estimate of drug-likeness (QED) is 0.827. The van der Waals surface area contributed by atoms with Crippen molar-refractivity contribution in [3.05, 3.63) is 29.8 Å². The highest BCUT2D eigenvalue weighted by atomic mass is 32.2. The van der Waals surface area contributed by atoms with E-state index in [0.29, 0.717) is 11.5 Å². The zero-order chi connectivity index (χ0) is 12.5. The van der Waals surface area contributed by atoms with Gasteiger partial charge in [-0.25, -0.2) is 8.42 Å². The Morgan fingerprint density at radius 3 is 2.71 bits per heavy atom. The molecular weight excluding hydrogens is 234 g/mol. The van der Waals surface area contributed by atoms with Crippen LogP contribution in [0, 0.1) is 6.92 Å². The minimum Gasteiger partial charge on any atom is -0.368 e. The number of anilines is 1. The molecule has 2 rings (SSSR count). The number of hydrogen-bond acceptors (Lipinski definition) is 3. The fourth-order valence-corrected chi connectivity index (χ4v) is 4.21. The summed E-state index contributed by atoms with van der Waals surface area (Å²) in [6.07, 6.45) is 0.754. The molecule has 4 heteroatoms. The van der Waals surface area contributed by atoms with Gasteiger partial charge in [0.15, 0.2) is 9.84 Å². The van der Waals surface area contributed by atoms with Crippen LogP contribution in [0.15, 0.2) is 24.3 Å². The van der Waals surface area contributed by atoms with E-state index in [1.165, 1.54) is 5.56 Å². The van der Waals surface area contributed by atoms with Gasteiger partial charge in [0.1, 0.15) is 0 Å². The maximum Gasteiger partial charge on any atom is 0.152 e. The smallest absolute Gasteiger partial charge is 0.152 e. The normalized spacial score (nSPS) is 22.6. The van der Waals surface area contributed by atoms with Crippen LogP contribution < -0.4 is 4.90 Å². The molecule has 0 saturated carbocycles. The zero-order valence-electron chi connectivity index (χ0n) is 10.4. The molecule has 17 heavy (non-hydrogen) atoms. The number of rotatable bonds is 3. The first kappa shape index (κ1) is 12.4. The van der Waals surface area contributed by atoms with Crippen molar-refractivity contribution in [3.8, 4) is 0 Å². The van der Waals surface area contributed by atoms with E-state index < -0.39 is 9.84 Å². The second-order valence-corrected chi connectivity index (χ2v) is 6.91. The number of nitrogens with zero attached hydrogens (tertiary/aromatic N) is 1. The first-order valence-electron chi connectivity index (χ1n) is 6.05. The highest BCUT2D eigenvalue weighted by Gasteiger charge is 2.31. The van der Waals surface area contributed by atoms with E-state index in [9.17, 15) is 8.42 Å². The molecule has 0 bridgehead atoms. The summed E-state index contributed by atoms with van der Waals surface area (Å²) in [5, 5.41) is 0. The van der Waals surface area contributed by atoms with Crippen LogP contribution in [0.2, 0.25) is 0 Å².